The number of likely N-dealkylation sites (N-methyl/N-ethyl adjacent to an activating group) is 1. The maximum atomic E-state index is 13.9. The van der Waals surface area contributed by atoms with E-state index in [1.54, 1.807) is 18.0 Å². The normalized spacial score (nSPS) is 18.6. The lowest BCUT2D eigenvalue weighted by atomic mass is 9.94. The Hall–Kier alpha value is -3.75. The number of fused-ring (bicyclic) bond motifs is 3. The van der Waals surface area contributed by atoms with Gasteiger partial charge in [0, 0.05) is 37.3 Å². The van der Waals surface area contributed by atoms with E-state index in [0.717, 1.165) is 16.7 Å². The van der Waals surface area contributed by atoms with Crippen LogP contribution in [0.25, 0.3) is 11.1 Å². The molecule has 0 aliphatic carbocycles. The Kier molecular flexibility index (Phi) is 8.76. The number of rotatable bonds is 5. The number of halogens is 1. The lowest BCUT2D eigenvalue weighted by molar-refractivity contribution is -0.0178. The summed E-state index contributed by atoms with van der Waals surface area (Å²) in [7, 11) is 1.65. The maximum Gasteiger partial charge on any atom is 0.321 e. The zero-order valence-electron chi connectivity index (χ0n) is 21.9. The first-order chi connectivity index (χ1) is 18.3. The van der Waals surface area contributed by atoms with Crippen molar-refractivity contribution in [3.05, 3.63) is 89.7 Å². The molecule has 0 saturated heterocycles. The Labute approximate surface area is 222 Å². The van der Waals surface area contributed by atoms with E-state index in [-0.39, 0.29) is 25.0 Å². The Morgan fingerprint density at radius 2 is 1.79 bits per heavy atom. The number of aliphatic hydroxyl groups excluding tert-OH is 1. The highest BCUT2D eigenvalue weighted by Gasteiger charge is 2.31. The minimum absolute atomic E-state index is 0.165. The number of hydrogen-bond acceptors (Lipinski definition) is 4. The molecule has 0 unspecified atom stereocenters. The summed E-state index contributed by atoms with van der Waals surface area (Å²) in [6.07, 6.45) is -0.422. The SMILES string of the molecule is C[C@@H]1CN([C@@H](C)CO)C(=O)c2ccccc2-c2ccccc2CO[C@@H]1CN(C)C(=O)Nc1cccc(F)c1. The van der Waals surface area contributed by atoms with Crippen molar-refractivity contribution in [2.45, 2.75) is 32.6 Å². The highest BCUT2D eigenvalue weighted by atomic mass is 19.1. The van der Waals surface area contributed by atoms with Gasteiger partial charge >= 0.3 is 6.03 Å². The molecular formula is C30H34FN3O4. The van der Waals surface area contributed by atoms with Gasteiger partial charge in [-0.25, -0.2) is 9.18 Å². The van der Waals surface area contributed by atoms with E-state index in [1.165, 1.54) is 23.1 Å². The molecule has 0 aromatic heterocycles. The van der Waals surface area contributed by atoms with Crippen molar-refractivity contribution in [2.75, 3.05) is 32.1 Å². The lowest BCUT2D eigenvalue weighted by Gasteiger charge is -2.35. The number of aliphatic hydroxyl groups is 1. The lowest BCUT2D eigenvalue weighted by Crippen LogP contribution is -2.48. The number of nitrogens with zero attached hydrogens (tertiary/aromatic N) is 2. The number of carbonyl (C=O) groups is 2. The van der Waals surface area contributed by atoms with Crippen LogP contribution in [0, 0.1) is 11.7 Å². The summed E-state index contributed by atoms with van der Waals surface area (Å²) in [6.45, 7) is 4.47. The number of benzene rings is 3. The van der Waals surface area contributed by atoms with Crippen LogP contribution in [0.3, 0.4) is 0 Å². The van der Waals surface area contributed by atoms with Crippen molar-refractivity contribution in [1.29, 1.82) is 0 Å². The van der Waals surface area contributed by atoms with Crippen molar-refractivity contribution < 1.29 is 23.8 Å². The second kappa shape index (κ2) is 12.2. The molecule has 7 nitrogen and oxygen atoms in total. The molecule has 0 bridgehead atoms. The number of urea groups is 1. The highest BCUT2D eigenvalue weighted by Crippen LogP contribution is 2.31. The molecule has 3 aromatic rings. The second-order valence-electron chi connectivity index (χ2n) is 9.84. The van der Waals surface area contributed by atoms with E-state index in [0.29, 0.717) is 24.4 Å². The molecule has 3 atom stereocenters. The minimum Gasteiger partial charge on any atom is -0.394 e. The first-order valence-corrected chi connectivity index (χ1v) is 12.8. The predicted octanol–water partition coefficient (Wildman–Crippen LogP) is 5.01. The molecule has 1 heterocycles. The van der Waals surface area contributed by atoms with Gasteiger partial charge < -0.3 is 25.0 Å². The Balaban J connectivity index is 1.65. The third-order valence-electron chi connectivity index (χ3n) is 6.97. The number of carbonyl (C=O) groups excluding carboxylic acids is 2. The average molecular weight is 520 g/mol. The number of nitrogens with one attached hydrogen (secondary N) is 1. The summed E-state index contributed by atoms with van der Waals surface area (Å²) in [5.41, 5.74) is 3.57. The molecule has 0 spiro atoms. The van der Waals surface area contributed by atoms with Crippen molar-refractivity contribution >= 4 is 17.6 Å². The number of anilines is 1. The van der Waals surface area contributed by atoms with Gasteiger partial charge in [-0.05, 0) is 47.9 Å². The molecule has 0 fully saturated rings. The summed E-state index contributed by atoms with van der Waals surface area (Å²) < 4.78 is 20.0. The highest BCUT2D eigenvalue weighted by molar-refractivity contribution is 6.01. The summed E-state index contributed by atoms with van der Waals surface area (Å²) >= 11 is 0. The number of amides is 3. The Bertz CT molecular complexity index is 1280. The fourth-order valence-electron chi connectivity index (χ4n) is 4.69. The van der Waals surface area contributed by atoms with Gasteiger partial charge in [0.25, 0.3) is 5.91 Å². The van der Waals surface area contributed by atoms with Gasteiger partial charge in [0.1, 0.15) is 5.82 Å². The van der Waals surface area contributed by atoms with E-state index < -0.39 is 24.0 Å². The molecular weight excluding hydrogens is 485 g/mol. The van der Waals surface area contributed by atoms with E-state index in [1.807, 2.05) is 62.4 Å². The van der Waals surface area contributed by atoms with Gasteiger partial charge in [-0.3, -0.25) is 4.79 Å². The predicted molar refractivity (Wildman–Crippen MR) is 145 cm³/mol. The summed E-state index contributed by atoms with van der Waals surface area (Å²) in [6, 6.07) is 20.2. The number of ether oxygens (including phenoxy) is 1. The molecule has 2 N–H and O–H groups in total. The van der Waals surface area contributed by atoms with Crippen LogP contribution in [0.15, 0.2) is 72.8 Å². The summed E-state index contributed by atoms with van der Waals surface area (Å²) in [5, 5.41) is 12.7. The first kappa shape index (κ1) is 27.3. The van der Waals surface area contributed by atoms with Crippen LogP contribution in [0.5, 0.6) is 0 Å². The molecule has 1 aliphatic rings. The molecule has 3 aromatic carbocycles. The number of hydrogen-bond donors (Lipinski definition) is 2. The third kappa shape index (κ3) is 6.20. The Morgan fingerprint density at radius 1 is 1.11 bits per heavy atom. The van der Waals surface area contributed by atoms with Gasteiger partial charge in [0.2, 0.25) is 0 Å². The van der Waals surface area contributed by atoms with Gasteiger partial charge in [0.05, 0.1) is 25.4 Å². The average Bonchev–Trinajstić information content (AvgIpc) is 2.94. The zero-order chi connectivity index (χ0) is 27.2. The first-order valence-electron chi connectivity index (χ1n) is 12.8. The fourth-order valence-corrected chi connectivity index (χ4v) is 4.69. The van der Waals surface area contributed by atoms with Gasteiger partial charge in [-0.15, -0.1) is 0 Å². The molecule has 200 valence electrons. The van der Waals surface area contributed by atoms with Crippen molar-refractivity contribution in [1.82, 2.24) is 9.80 Å². The molecule has 1 aliphatic heterocycles. The maximum absolute atomic E-state index is 13.9. The molecule has 3 amide bonds. The van der Waals surface area contributed by atoms with Gasteiger partial charge in [0.15, 0.2) is 0 Å². The summed E-state index contributed by atoms with van der Waals surface area (Å²) in [5.74, 6) is -0.773. The topological polar surface area (TPSA) is 82.1 Å². The minimum atomic E-state index is -0.437. The van der Waals surface area contributed by atoms with Crippen LogP contribution in [-0.4, -0.2) is 65.7 Å². The van der Waals surface area contributed by atoms with Crippen LogP contribution in [-0.2, 0) is 11.3 Å². The van der Waals surface area contributed by atoms with Crippen LogP contribution in [0.1, 0.15) is 29.8 Å². The van der Waals surface area contributed by atoms with Crippen LogP contribution in [0.4, 0.5) is 14.9 Å². The summed E-state index contributed by atoms with van der Waals surface area (Å²) in [4.78, 5) is 29.9. The van der Waals surface area contributed by atoms with Crippen LogP contribution in [0.2, 0.25) is 0 Å². The Morgan fingerprint density at radius 3 is 2.50 bits per heavy atom. The van der Waals surface area contributed by atoms with Gasteiger partial charge in [-0.2, -0.15) is 0 Å². The van der Waals surface area contributed by atoms with E-state index in [9.17, 15) is 19.1 Å². The second-order valence-corrected chi connectivity index (χ2v) is 9.84. The molecule has 0 radical (unpaired) electrons. The molecule has 38 heavy (non-hydrogen) atoms. The van der Waals surface area contributed by atoms with Crippen LogP contribution >= 0.6 is 0 Å². The van der Waals surface area contributed by atoms with E-state index >= 15 is 0 Å². The third-order valence-corrected chi connectivity index (χ3v) is 6.97. The zero-order valence-corrected chi connectivity index (χ0v) is 21.9. The standard InChI is InChI=1S/C30H34FN3O4/c1-20-16-34(21(2)18-35)29(36)27-14-7-6-13-26(27)25-12-5-4-9-22(25)19-38-28(20)17-33(3)30(37)32-24-11-8-10-23(31)15-24/h4-15,20-21,28,35H,16-19H2,1-3H3,(H,32,37)/t20-,21+,28-/m1/s1. The smallest absolute Gasteiger partial charge is 0.321 e. The molecule has 0 saturated carbocycles. The fraction of sp³-hybridized carbons (Fsp3) is 0.333. The van der Waals surface area contributed by atoms with Gasteiger partial charge in [-0.1, -0.05) is 55.5 Å². The molecule has 4 rings (SSSR count). The van der Waals surface area contributed by atoms with Crippen LogP contribution < -0.4 is 5.32 Å². The monoisotopic (exact) mass is 519 g/mol. The largest absolute Gasteiger partial charge is 0.394 e. The van der Waals surface area contributed by atoms with E-state index in [4.69, 9.17) is 4.74 Å². The molecule has 8 heteroatoms. The van der Waals surface area contributed by atoms with Crippen molar-refractivity contribution in [3.8, 4) is 11.1 Å². The van der Waals surface area contributed by atoms with Crippen molar-refractivity contribution in [2.24, 2.45) is 5.92 Å². The van der Waals surface area contributed by atoms with E-state index in [2.05, 4.69) is 5.32 Å². The quantitative estimate of drug-likeness (QED) is 0.496. The van der Waals surface area contributed by atoms with Crippen molar-refractivity contribution in [3.63, 3.8) is 0 Å².